The fraction of sp³-hybridized carbons (Fsp3) is 0.500. The van der Waals surface area contributed by atoms with Crippen LogP contribution in [0.2, 0.25) is 0 Å². The Morgan fingerprint density at radius 1 is 1.37 bits per heavy atom. The predicted molar refractivity (Wildman–Crippen MR) is 76.6 cm³/mol. The van der Waals surface area contributed by atoms with Crippen molar-refractivity contribution in [2.75, 3.05) is 29.9 Å². The lowest BCUT2D eigenvalue weighted by atomic mass is 10.2. The monoisotopic (exact) mass is 263 g/mol. The summed E-state index contributed by atoms with van der Waals surface area (Å²) in [6.45, 7) is 3.96. The zero-order valence-corrected chi connectivity index (χ0v) is 11.2. The maximum Gasteiger partial charge on any atom is 0.319 e. The van der Waals surface area contributed by atoms with E-state index in [4.69, 9.17) is 5.11 Å². The van der Waals surface area contributed by atoms with Crippen LogP contribution in [-0.2, 0) is 0 Å². The molecule has 19 heavy (non-hydrogen) atoms. The van der Waals surface area contributed by atoms with E-state index in [-0.39, 0.29) is 12.6 Å². The highest BCUT2D eigenvalue weighted by Gasteiger charge is 2.16. The van der Waals surface area contributed by atoms with Crippen LogP contribution in [0.4, 0.5) is 16.2 Å². The zero-order chi connectivity index (χ0) is 13.7. The molecule has 1 aromatic rings. The number of nitrogens with zero attached hydrogens (tertiary/aromatic N) is 1. The number of hydrogen-bond donors (Lipinski definition) is 3. The summed E-state index contributed by atoms with van der Waals surface area (Å²) in [6, 6.07) is 7.52. The minimum Gasteiger partial charge on any atom is -0.392 e. The van der Waals surface area contributed by atoms with E-state index in [1.165, 1.54) is 12.8 Å². The molecule has 0 saturated carbocycles. The second-order valence-corrected chi connectivity index (χ2v) is 4.90. The van der Waals surface area contributed by atoms with Gasteiger partial charge in [-0.2, -0.15) is 0 Å². The third-order valence-electron chi connectivity index (χ3n) is 3.16. The topological polar surface area (TPSA) is 64.6 Å². The molecule has 0 unspecified atom stereocenters. The normalized spacial score (nSPS) is 16.2. The summed E-state index contributed by atoms with van der Waals surface area (Å²) in [7, 11) is 0. The lowest BCUT2D eigenvalue weighted by Crippen LogP contribution is -2.34. The third kappa shape index (κ3) is 3.86. The molecule has 1 atom stereocenters. The number of para-hydroxylation sites is 2. The highest BCUT2D eigenvalue weighted by Crippen LogP contribution is 2.28. The van der Waals surface area contributed by atoms with Gasteiger partial charge in [0.05, 0.1) is 17.5 Å². The largest absolute Gasteiger partial charge is 0.392 e. The van der Waals surface area contributed by atoms with Gasteiger partial charge >= 0.3 is 6.03 Å². The molecular formula is C14H21N3O2. The Hall–Kier alpha value is -1.75. The van der Waals surface area contributed by atoms with Crippen molar-refractivity contribution in [1.82, 2.24) is 5.32 Å². The molecule has 0 aliphatic carbocycles. The molecule has 5 nitrogen and oxygen atoms in total. The molecule has 104 valence electrons. The first-order chi connectivity index (χ1) is 9.16. The molecule has 0 bridgehead atoms. The number of carbonyl (C=O) groups excluding carboxylic acids is 1. The Morgan fingerprint density at radius 2 is 2.05 bits per heavy atom. The van der Waals surface area contributed by atoms with Crippen molar-refractivity contribution in [2.45, 2.75) is 25.9 Å². The molecular weight excluding hydrogens is 242 g/mol. The van der Waals surface area contributed by atoms with E-state index in [1.54, 1.807) is 6.92 Å². The van der Waals surface area contributed by atoms with Crippen molar-refractivity contribution in [3.05, 3.63) is 24.3 Å². The summed E-state index contributed by atoms with van der Waals surface area (Å²) in [6.07, 6.45) is 1.85. The molecule has 1 saturated heterocycles. The molecule has 1 aromatic carbocycles. The number of carbonyl (C=O) groups is 1. The summed E-state index contributed by atoms with van der Waals surface area (Å²) in [4.78, 5) is 14.0. The highest BCUT2D eigenvalue weighted by molar-refractivity contribution is 5.93. The summed E-state index contributed by atoms with van der Waals surface area (Å²) >= 11 is 0. The fourth-order valence-electron chi connectivity index (χ4n) is 2.22. The quantitative estimate of drug-likeness (QED) is 0.776. The second-order valence-electron chi connectivity index (χ2n) is 4.90. The molecule has 2 rings (SSSR count). The molecule has 1 heterocycles. The first-order valence-corrected chi connectivity index (χ1v) is 6.73. The van der Waals surface area contributed by atoms with E-state index in [9.17, 15) is 4.79 Å². The maximum atomic E-state index is 11.7. The van der Waals surface area contributed by atoms with Gasteiger partial charge in [-0.3, -0.25) is 0 Å². The molecule has 0 radical (unpaired) electrons. The van der Waals surface area contributed by atoms with E-state index in [0.717, 1.165) is 24.5 Å². The van der Waals surface area contributed by atoms with Gasteiger partial charge in [0.2, 0.25) is 0 Å². The average Bonchev–Trinajstić information content (AvgIpc) is 2.91. The van der Waals surface area contributed by atoms with Crippen LogP contribution in [0.3, 0.4) is 0 Å². The van der Waals surface area contributed by atoms with Crippen molar-refractivity contribution >= 4 is 17.4 Å². The third-order valence-corrected chi connectivity index (χ3v) is 3.16. The molecule has 0 spiro atoms. The van der Waals surface area contributed by atoms with Crippen molar-refractivity contribution in [3.63, 3.8) is 0 Å². The van der Waals surface area contributed by atoms with Crippen LogP contribution < -0.4 is 15.5 Å². The van der Waals surface area contributed by atoms with Crippen molar-refractivity contribution in [3.8, 4) is 0 Å². The predicted octanol–water partition coefficient (Wildman–Crippen LogP) is 1.79. The van der Waals surface area contributed by atoms with Crippen molar-refractivity contribution in [2.24, 2.45) is 0 Å². The maximum absolute atomic E-state index is 11.7. The van der Waals surface area contributed by atoms with Gasteiger partial charge < -0.3 is 20.6 Å². The Bertz CT molecular complexity index is 428. The standard InChI is InChI=1S/C14H21N3O2/c1-11(18)10-15-14(19)16-12-6-2-3-7-13(12)17-8-4-5-9-17/h2-3,6-7,11,18H,4-5,8-10H2,1H3,(H2,15,16,19)/t11-/m1/s1. The SMILES string of the molecule is C[C@@H](O)CNC(=O)Nc1ccccc1N1CCCC1. The van der Waals surface area contributed by atoms with Crippen LogP contribution in [0.5, 0.6) is 0 Å². The van der Waals surface area contributed by atoms with Crippen molar-refractivity contribution < 1.29 is 9.90 Å². The number of hydrogen-bond acceptors (Lipinski definition) is 3. The number of aliphatic hydroxyl groups is 1. The van der Waals surface area contributed by atoms with Gasteiger partial charge in [-0.1, -0.05) is 12.1 Å². The lowest BCUT2D eigenvalue weighted by Gasteiger charge is -2.21. The Labute approximate surface area is 113 Å². The number of urea groups is 1. The molecule has 1 fully saturated rings. The Morgan fingerprint density at radius 3 is 2.74 bits per heavy atom. The van der Waals surface area contributed by atoms with Gasteiger partial charge in [0.25, 0.3) is 0 Å². The summed E-state index contributed by atoms with van der Waals surface area (Å²) in [5.41, 5.74) is 1.87. The summed E-state index contributed by atoms with van der Waals surface area (Å²) in [5, 5.41) is 14.6. The number of amides is 2. The van der Waals surface area contributed by atoms with E-state index in [2.05, 4.69) is 15.5 Å². The molecule has 1 aliphatic rings. The first kappa shape index (κ1) is 13.7. The van der Waals surface area contributed by atoms with E-state index in [0.29, 0.717) is 0 Å². The van der Waals surface area contributed by atoms with Gasteiger partial charge in [0.1, 0.15) is 0 Å². The molecule has 1 aliphatic heterocycles. The average molecular weight is 263 g/mol. The molecule has 5 heteroatoms. The highest BCUT2D eigenvalue weighted by atomic mass is 16.3. The van der Waals surface area contributed by atoms with Gasteiger partial charge in [-0.15, -0.1) is 0 Å². The van der Waals surface area contributed by atoms with E-state index < -0.39 is 6.10 Å². The second kappa shape index (κ2) is 6.43. The van der Waals surface area contributed by atoms with Gasteiger partial charge in [0, 0.05) is 19.6 Å². The van der Waals surface area contributed by atoms with Crippen molar-refractivity contribution in [1.29, 1.82) is 0 Å². The molecule has 3 N–H and O–H groups in total. The van der Waals surface area contributed by atoms with E-state index in [1.807, 2.05) is 24.3 Å². The minimum absolute atomic E-state index is 0.248. The number of anilines is 2. The summed E-state index contributed by atoms with van der Waals surface area (Å²) in [5.74, 6) is 0. The number of nitrogens with one attached hydrogen (secondary N) is 2. The first-order valence-electron chi connectivity index (χ1n) is 6.73. The van der Waals surface area contributed by atoms with Crippen LogP contribution in [-0.4, -0.2) is 36.9 Å². The van der Waals surface area contributed by atoms with Gasteiger partial charge in [-0.25, -0.2) is 4.79 Å². The molecule has 0 aromatic heterocycles. The fourth-order valence-corrected chi connectivity index (χ4v) is 2.22. The lowest BCUT2D eigenvalue weighted by molar-refractivity contribution is 0.190. The Kier molecular flexibility index (Phi) is 4.63. The smallest absolute Gasteiger partial charge is 0.319 e. The number of benzene rings is 1. The number of aliphatic hydroxyl groups excluding tert-OH is 1. The summed E-state index contributed by atoms with van der Waals surface area (Å²) < 4.78 is 0. The van der Waals surface area contributed by atoms with Crippen LogP contribution in [0.15, 0.2) is 24.3 Å². The van der Waals surface area contributed by atoms with Crippen LogP contribution in [0.25, 0.3) is 0 Å². The van der Waals surface area contributed by atoms with Gasteiger partial charge in [0.15, 0.2) is 0 Å². The minimum atomic E-state index is -0.542. The molecule has 2 amide bonds. The zero-order valence-electron chi connectivity index (χ0n) is 11.2. The van der Waals surface area contributed by atoms with Crippen LogP contribution >= 0.6 is 0 Å². The van der Waals surface area contributed by atoms with Crippen LogP contribution in [0, 0.1) is 0 Å². The van der Waals surface area contributed by atoms with E-state index >= 15 is 0 Å². The van der Waals surface area contributed by atoms with Crippen LogP contribution in [0.1, 0.15) is 19.8 Å². The Balaban J connectivity index is 2.01. The van der Waals surface area contributed by atoms with Gasteiger partial charge in [-0.05, 0) is 31.9 Å². The number of rotatable bonds is 4.